The minimum Gasteiger partial charge on any atom is -0.465 e. The Kier molecular flexibility index (Phi) is 1.36. The number of rotatable bonds is 0. The average Bonchev–Trinajstić information content (AvgIpc) is 2.70. The van der Waals surface area contributed by atoms with Gasteiger partial charge in [-0.2, -0.15) is 0 Å². The highest BCUT2D eigenvalue weighted by Crippen LogP contribution is 2.57. The lowest BCUT2D eigenvalue weighted by molar-refractivity contribution is -0.143. The quantitative estimate of drug-likeness (QED) is 0.552. The summed E-state index contributed by atoms with van der Waals surface area (Å²) in [7, 11) is 0. The van der Waals surface area contributed by atoms with Gasteiger partial charge in [-0.15, -0.1) is 0 Å². The van der Waals surface area contributed by atoms with E-state index in [1.807, 2.05) is 0 Å². The van der Waals surface area contributed by atoms with Gasteiger partial charge in [0, 0.05) is 5.92 Å². The topological polar surface area (TPSA) is 46.5 Å². The molecule has 0 radical (unpaired) electrons. The molecule has 2 saturated carbocycles. The van der Waals surface area contributed by atoms with Gasteiger partial charge in [0.2, 0.25) is 0 Å². The lowest BCUT2D eigenvalue weighted by Crippen LogP contribution is -2.37. The molecule has 1 saturated heterocycles. The summed E-state index contributed by atoms with van der Waals surface area (Å²) < 4.78 is 5.05. The zero-order valence-corrected chi connectivity index (χ0v) is 7.64. The molecule has 72 valence electrons. The molecule has 1 N–H and O–H groups in total. The van der Waals surface area contributed by atoms with E-state index >= 15 is 0 Å². The SMILES string of the molecule is CC1C(O)C2CC1C1COC(=O)C21. The van der Waals surface area contributed by atoms with Crippen molar-refractivity contribution in [3.05, 3.63) is 0 Å². The Morgan fingerprint density at radius 1 is 1.38 bits per heavy atom. The van der Waals surface area contributed by atoms with Gasteiger partial charge in [-0.25, -0.2) is 0 Å². The van der Waals surface area contributed by atoms with E-state index < -0.39 is 0 Å². The normalized spacial score (nSPS) is 58.2. The highest BCUT2D eigenvalue weighted by atomic mass is 16.5. The number of fused-ring (bicyclic) bond motifs is 5. The molecule has 1 aliphatic heterocycles. The minimum absolute atomic E-state index is 0.0243. The Hall–Kier alpha value is -0.570. The van der Waals surface area contributed by atoms with E-state index in [-0.39, 0.29) is 23.9 Å². The fraction of sp³-hybridized carbons (Fsp3) is 0.900. The molecular formula is C10H14O3. The first kappa shape index (κ1) is 7.80. The van der Waals surface area contributed by atoms with E-state index in [0.717, 1.165) is 6.42 Å². The Balaban J connectivity index is 1.96. The molecule has 2 aliphatic carbocycles. The van der Waals surface area contributed by atoms with Crippen LogP contribution < -0.4 is 0 Å². The van der Waals surface area contributed by atoms with E-state index in [9.17, 15) is 9.90 Å². The van der Waals surface area contributed by atoms with Gasteiger partial charge in [0.05, 0.1) is 18.6 Å². The van der Waals surface area contributed by atoms with Crippen molar-refractivity contribution in [3.8, 4) is 0 Å². The predicted octanol–water partition coefficient (Wildman–Crippen LogP) is 0.422. The number of esters is 1. The van der Waals surface area contributed by atoms with Crippen molar-refractivity contribution in [1.82, 2.24) is 0 Å². The summed E-state index contributed by atoms with van der Waals surface area (Å²) in [5.74, 6) is 1.45. The van der Waals surface area contributed by atoms with Crippen LogP contribution in [0.2, 0.25) is 0 Å². The summed E-state index contributed by atoms with van der Waals surface area (Å²) in [6.07, 6.45) is 0.768. The van der Waals surface area contributed by atoms with Gasteiger partial charge in [-0.3, -0.25) is 4.79 Å². The van der Waals surface area contributed by atoms with Crippen molar-refractivity contribution in [2.75, 3.05) is 6.61 Å². The van der Waals surface area contributed by atoms with Crippen LogP contribution in [0.15, 0.2) is 0 Å². The summed E-state index contributed by atoms with van der Waals surface area (Å²) in [6.45, 7) is 2.69. The lowest BCUT2D eigenvalue weighted by atomic mass is 9.75. The van der Waals surface area contributed by atoms with E-state index in [0.29, 0.717) is 24.4 Å². The maximum Gasteiger partial charge on any atom is 0.309 e. The second-order valence-corrected chi connectivity index (χ2v) is 4.73. The third kappa shape index (κ3) is 0.766. The van der Waals surface area contributed by atoms with Crippen LogP contribution in [0.5, 0.6) is 0 Å². The number of hydrogen-bond donors (Lipinski definition) is 1. The molecule has 3 heteroatoms. The fourth-order valence-electron chi connectivity index (χ4n) is 3.67. The zero-order valence-electron chi connectivity index (χ0n) is 7.64. The Morgan fingerprint density at radius 2 is 2.15 bits per heavy atom. The summed E-state index contributed by atoms with van der Waals surface area (Å²) in [4.78, 5) is 11.4. The van der Waals surface area contributed by atoms with Crippen LogP contribution in [0.1, 0.15) is 13.3 Å². The minimum atomic E-state index is -0.267. The molecule has 3 nitrogen and oxygen atoms in total. The number of carbonyl (C=O) groups excluding carboxylic acids is 1. The first-order valence-electron chi connectivity index (χ1n) is 5.05. The van der Waals surface area contributed by atoms with Crippen molar-refractivity contribution in [2.24, 2.45) is 29.6 Å². The Bertz CT molecular complexity index is 263. The van der Waals surface area contributed by atoms with Gasteiger partial charge in [0.25, 0.3) is 0 Å². The molecule has 0 aromatic carbocycles. The third-order valence-corrected chi connectivity index (χ3v) is 4.36. The number of aliphatic hydroxyl groups excluding tert-OH is 1. The van der Waals surface area contributed by atoms with Gasteiger partial charge >= 0.3 is 5.97 Å². The molecule has 6 unspecified atom stereocenters. The Morgan fingerprint density at radius 3 is 2.92 bits per heavy atom. The van der Waals surface area contributed by atoms with E-state index in [4.69, 9.17) is 4.74 Å². The number of cyclic esters (lactones) is 1. The van der Waals surface area contributed by atoms with Crippen LogP contribution >= 0.6 is 0 Å². The number of ether oxygens (including phenoxy) is 1. The summed E-state index contributed by atoms with van der Waals surface area (Å²) in [5, 5.41) is 9.84. The van der Waals surface area contributed by atoms with Crippen LogP contribution in [0.3, 0.4) is 0 Å². The number of aliphatic hydroxyl groups is 1. The van der Waals surface area contributed by atoms with Crippen molar-refractivity contribution in [2.45, 2.75) is 19.4 Å². The van der Waals surface area contributed by atoms with Crippen LogP contribution in [-0.4, -0.2) is 23.8 Å². The second kappa shape index (κ2) is 2.27. The zero-order chi connectivity index (χ0) is 9.16. The summed E-state index contributed by atoms with van der Waals surface area (Å²) in [6, 6.07) is 0. The molecule has 3 rings (SSSR count). The van der Waals surface area contributed by atoms with Crippen molar-refractivity contribution in [3.63, 3.8) is 0 Å². The standard InChI is InChI=1S/C10H14O3/c1-4-5-2-6(9(4)11)8-7(5)3-13-10(8)12/h4-9,11H,2-3H2,1H3. The van der Waals surface area contributed by atoms with Crippen molar-refractivity contribution < 1.29 is 14.6 Å². The molecule has 3 aliphatic rings. The fourth-order valence-corrected chi connectivity index (χ4v) is 3.67. The van der Waals surface area contributed by atoms with Crippen LogP contribution in [0.4, 0.5) is 0 Å². The lowest BCUT2D eigenvalue weighted by Gasteiger charge is -2.30. The largest absolute Gasteiger partial charge is 0.465 e. The van der Waals surface area contributed by atoms with Gasteiger partial charge in [0.15, 0.2) is 0 Å². The number of hydrogen-bond acceptors (Lipinski definition) is 3. The molecule has 2 bridgehead atoms. The Labute approximate surface area is 77.1 Å². The van der Waals surface area contributed by atoms with Gasteiger partial charge in [-0.05, 0) is 24.2 Å². The van der Waals surface area contributed by atoms with E-state index in [1.54, 1.807) is 0 Å². The van der Waals surface area contributed by atoms with E-state index in [1.165, 1.54) is 0 Å². The highest BCUT2D eigenvalue weighted by molar-refractivity contribution is 5.76. The van der Waals surface area contributed by atoms with Gasteiger partial charge in [-0.1, -0.05) is 6.92 Å². The maximum absolute atomic E-state index is 11.4. The predicted molar refractivity (Wildman–Crippen MR) is 44.7 cm³/mol. The molecule has 0 spiro atoms. The molecule has 1 heterocycles. The maximum atomic E-state index is 11.4. The van der Waals surface area contributed by atoms with Gasteiger partial charge in [0.1, 0.15) is 0 Å². The van der Waals surface area contributed by atoms with Crippen LogP contribution in [-0.2, 0) is 9.53 Å². The molecule has 6 atom stereocenters. The smallest absolute Gasteiger partial charge is 0.309 e. The van der Waals surface area contributed by atoms with Crippen molar-refractivity contribution in [1.29, 1.82) is 0 Å². The van der Waals surface area contributed by atoms with Crippen LogP contribution in [0.25, 0.3) is 0 Å². The monoisotopic (exact) mass is 182 g/mol. The molecule has 0 aromatic rings. The average molecular weight is 182 g/mol. The molecule has 0 amide bonds. The first-order chi connectivity index (χ1) is 6.20. The summed E-state index contributed by atoms with van der Waals surface area (Å²) >= 11 is 0. The molecular weight excluding hydrogens is 168 g/mol. The number of carbonyl (C=O) groups is 1. The third-order valence-electron chi connectivity index (χ3n) is 4.36. The highest BCUT2D eigenvalue weighted by Gasteiger charge is 2.61. The van der Waals surface area contributed by atoms with E-state index in [2.05, 4.69) is 6.92 Å². The van der Waals surface area contributed by atoms with Gasteiger partial charge < -0.3 is 9.84 Å². The second-order valence-electron chi connectivity index (χ2n) is 4.73. The molecule has 0 aromatic heterocycles. The first-order valence-corrected chi connectivity index (χ1v) is 5.05. The summed E-state index contributed by atoms with van der Waals surface area (Å²) in [5.41, 5.74) is 0. The molecule has 13 heavy (non-hydrogen) atoms. The molecule has 3 fully saturated rings. The van der Waals surface area contributed by atoms with Crippen LogP contribution in [0, 0.1) is 29.6 Å². The van der Waals surface area contributed by atoms with Crippen molar-refractivity contribution >= 4 is 5.97 Å².